The minimum absolute atomic E-state index is 0.0597. The number of piperidine rings is 1. The van der Waals surface area contributed by atoms with Crippen LogP contribution in [0.15, 0.2) is 36.4 Å². The van der Waals surface area contributed by atoms with Crippen LogP contribution in [0.1, 0.15) is 53.1 Å². The summed E-state index contributed by atoms with van der Waals surface area (Å²) < 4.78 is 2.18. The number of carboxylic acid groups (broad SMARTS) is 1. The standard InChI is InChI=1S/C21H26N2O3/c1-14-12-19(20(24)22-11-7-10-18(13-22)21(25)26)16(3)23(14)15(2)17-8-5-4-6-9-17/h4-6,8-9,12,15,18H,7,10-11,13H2,1-3H3,(H,25,26). The first-order chi connectivity index (χ1) is 12.4. The number of carbonyl (C=O) groups excluding carboxylic acids is 1. The summed E-state index contributed by atoms with van der Waals surface area (Å²) in [6.07, 6.45) is 1.38. The Balaban J connectivity index is 1.88. The van der Waals surface area contributed by atoms with Gasteiger partial charge in [0.05, 0.1) is 17.5 Å². The molecule has 2 atom stereocenters. The van der Waals surface area contributed by atoms with E-state index < -0.39 is 11.9 Å². The summed E-state index contributed by atoms with van der Waals surface area (Å²) in [6, 6.07) is 12.3. The number of aromatic nitrogens is 1. The van der Waals surface area contributed by atoms with Crippen molar-refractivity contribution in [3.8, 4) is 0 Å². The zero-order valence-corrected chi connectivity index (χ0v) is 15.6. The van der Waals surface area contributed by atoms with E-state index in [1.807, 2.05) is 38.1 Å². The second kappa shape index (κ2) is 7.36. The molecule has 1 fully saturated rings. The van der Waals surface area contributed by atoms with Gasteiger partial charge in [0, 0.05) is 24.5 Å². The molecule has 5 heteroatoms. The van der Waals surface area contributed by atoms with Gasteiger partial charge in [-0.1, -0.05) is 30.3 Å². The van der Waals surface area contributed by atoms with Crippen molar-refractivity contribution in [3.05, 3.63) is 58.9 Å². The van der Waals surface area contributed by atoms with Crippen molar-refractivity contribution >= 4 is 11.9 Å². The van der Waals surface area contributed by atoms with Gasteiger partial charge in [0.2, 0.25) is 0 Å². The van der Waals surface area contributed by atoms with Crippen LogP contribution in [0.2, 0.25) is 0 Å². The number of rotatable bonds is 4. The number of likely N-dealkylation sites (tertiary alicyclic amines) is 1. The van der Waals surface area contributed by atoms with E-state index in [2.05, 4.69) is 23.6 Å². The molecular formula is C21H26N2O3. The van der Waals surface area contributed by atoms with Crippen LogP contribution in [0.4, 0.5) is 0 Å². The number of nitrogens with zero attached hydrogens (tertiary/aromatic N) is 2. The van der Waals surface area contributed by atoms with Gasteiger partial charge < -0.3 is 14.6 Å². The quantitative estimate of drug-likeness (QED) is 0.911. The predicted molar refractivity (Wildman–Crippen MR) is 100 cm³/mol. The Kier molecular flexibility index (Phi) is 5.16. The number of hydrogen-bond donors (Lipinski definition) is 1. The normalized spacial score (nSPS) is 18.6. The highest BCUT2D eigenvalue weighted by Crippen LogP contribution is 2.27. The Hall–Kier alpha value is -2.56. The lowest BCUT2D eigenvalue weighted by Crippen LogP contribution is -2.42. The first-order valence-corrected chi connectivity index (χ1v) is 9.15. The summed E-state index contributed by atoms with van der Waals surface area (Å²) in [6.45, 7) is 7.04. The molecule has 1 aliphatic heterocycles. The van der Waals surface area contributed by atoms with Crippen molar-refractivity contribution in [2.75, 3.05) is 13.1 Å². The van der Waals surface area contributed by atoms with E-state index in [1.165, 1.54) is 5.56 Å². The van der Waals surface area contributed by atoms with E-state index in [1.54, 1.807) is 4.90 Å². The molecule has 1 aliphatic rings. The van der Waals surface area contributed by atoms with Gasteiger partial charge in [-0.25, -0.2) is 0 Å². The molecule has 2 unspecified atom stereocenters. The minimum atomic E-state index is -0.814. The van der Waals surface area contributed by atoms with Gasteiger partial charge in [0.25, 0.3) is 5.91 Å². The highest BCUT2D eigenvalue weighted by molar-refractivity contribution is 5.96. The maximum atomic E-state index is 13.0. The van der Waals surface area contributed by atoms with Crippen molar-refractivity contribution in [1.82, 2.24) is 9.47 Å². The fourth-order valence-corrected chi connectivity index (χ4v) is 4.00. The summed E-state index contributed by atoms with van der Waals surface area (Å²) in [4.78, 5) is 26.0. The van der Waals surface area contributed by atoms with E-state index in [0.717, 1.165) is 17.8 Å². The van der Waals surface area contributed by atoms with Gasteiger partial charge >= 0.3 is 5.97 Å². The Morgan fingerprint density at radius 1 is 1.19 bits per heavy atom. The molecule has 2 aromatic rings. The third-order valence-electron chi connectivity index (χ3n) is 5.44. The van der Waals surface area contributed by atoms with E-state index in [9.17, 15) is 14.7 Å². The molecule has 1 aromatic carbocycles. The van der Waals surface area contributed by atoms with Gasteiger partial charge in [0.1, 0.15) is 0 Å². The van der Waals surface area contributed by atoms with Crippen LogP contribution in [0.5, 0.6) is 0 Å². The molecule has 2 heterocycles. The Labute approximate surface area is 154 Å². The maximum Gasteiger partial charge on any atom is 0.308 e. The second-order valence-corrected chi connectivity index (χ2v) is 7.17. The highest BCUT2D eigenvalue weighted by atomic mass is 16.4. The van der Waals surface area contributed by atoms with Crippen LogP contribution >= 0.6 is 0 Å². The van der Waals surface area contributed by atoms with Gasteiger partial charge in [-0.15, -0.1) is 0 Å². The first-order valence-electron chi connectivity index (χ1n) is 9.15. The van der Waals surface area contributed by atoms with E-state index in [-0.39, 0.29) is 11.9 Å². The summed E-state index contributed by atoms with van der Waals surface area (Å²) in [5.41, 5.74) is 3.84. The average molecular weight is 354 g/mol. The maximum absolute atomic E-state index is 13.0. The predicted octanol–water partition coefficient (Wildman–Crippen LogP) is 3.65. The van der Waals surface area contributed by atoms with Gasteiger partial charge in [-0.3, -0.25) is 9.59 Å². The van der Waals surface area contributed by atoms with Crippen LogP contribution < -0.4 is 0 Å². The van der Waals surface area contributed by atoms with Gasteiger partial charge in [0.15, 0.2) is 0 Å². The topological polar surface area (TPSA) is 62.5 Å². The van der Waals surface area contributed by atoms with Crippen molar-refractivity contribution in [2.24, 2.45) is 5.92 Å². The van der Waals surface area contributed by atoms with Gasteiger partial charge in [-0.05, 0) is 45.2 Å². The Morgan fingerprint density at radius 2 is 1.88 bits per heavy atom. The van der Waals surface area contributed by atoms with Crippen LogP contribution in [0.25, 0.3) is 0 Å². The number of aliphatic carboxylic acids is 1. The zero-order chi connectivity index (χ0) is 18.8. The first kappa shape index (κ1) is 18.2. The molecule has 26 heavy (non-hydrogen) atoms. The van der Waals surface area contributed by atoms with Crippen molar-refractivity contribution < 1.29 is 14.7 Å². The molecule has 5 nitrogen and oxygen atoms in total. The lowest BCUT2D eigenvalue weighted by atomic mass is 9.97. The second-order valence-electron chi connectivity index (χ2n) is 7.17. The molecule has 0 bridgehead atoms. The van der Waals surface area contributed by atoms with Crippen LogP contribution in [-0.2, 0) is 4.79 Å². The number of carboxylic acids is 1. The monoisotopic (exact) mass is 354 g/mol. The molecule has 3 rings (SSSR count). The van der Waals surface area contributed by atoms with E-state index >= 15 is 0 Å². The summed E-state index contributed by atoms with van der Waals surface area (Å²) in [5, 5.41) is 9.27. The molecule has 0 saturated carbocycles. The fraction of sp³-hybridized carbons (Fsp3) is 0.429. The molecule has 1 N–H and O–H groups in total. The number of hydrogen-bond acceptors (Lipinski definition) is 2. The molecule has 1 saturated heterocycles. The Bertz CT molecular complexity index is 810. The fourth-order valence-electron chi connectivity index (χ4n) is 4.00. The van der Waals surface area contributed by atoms with Crippen molar-refractivity contribution in [2.45, 2.75) is 39.7 Å². The van der Waals surface area contributed by atoms with E-state index in [4.69, 9.17) is 0 Å². The third-order valence-corrected chi connectivity index (χ3v) is 5.44. The third kappa shape index (κ3) is 3.39. The number of carbonyl (C=O) groups is 2. The van der Waals surface area contributed by atoms with Crippen LogP contribution in [0, 0.1) is 19.8 Å². The molecule has 0 radical (unpaired) electrons. The summed E-state index contributed by atoms with van der Waals surface area (Å²) in [7, 11) is 0. The van der Waals surface area contributed by atoms with Crippen molar-refractivity contribution in [3.63, 3.8) is 0 Å². The Morgan fingerprint density at radius 3 is 2.54 bits per heavy atom. The van der Waals surface area contributed by atoms with Crippen molar-refractivity contribution in [1.29, 1.82) is 0 Å². The van der Waals surface area contributed by atoms with Crippen LogP contribution in [-0.4, -0.2) is 39.5 Å². The molecular weight excluding hydrogens is 328 g/mol. The minimum Gasteiger partial charge on any atom is -0.481 e. The smallest absolute Gasteiger partial charge is 0.308 e. The zero-order valence-electron chi connectivity index (χ0n) is 15.6. The lowest BCUT2D eigenvalue weighted by molar-refractivity contribution is -0.143. The molecule has 1 aromatic heterocycles. The molecule has 1 amide bonds. The number of aryl methyl sites for hydroxylation is 1. The SMILES string of the molecule is Cc1cc(C(=O)N2CCCC(C(=O)O)C2)c(C)n1C(C)c1ccccc1. The average Bonchev–Trinajstić information content (AvgIpc) is 2.95. The largest absolute Gasteiger partial charge is 0.481 e. The molecule has 0 aliphatic carbocycles. The summed E-state index contributed by atoms with van der Waals surface area (Å²) in [5.74, 6) is -1.33. The van der Waals surface area contributed by atoms with E-state index in [0.29, 0.717) is 25.1 Å². The van der Waals surface area contributed by atoms with Gasteiger partial charge in [-0.2, -0.15) is 0 Å². The molecule has 138 valence electrons. The summed E-state index contributed by atoms with van der Waals surface area (Å²) >= 11 is 0. The lowest BCUT2D eigenvalue weighted by Gasteiger charge is -2.30. The number of amides is 1. The molecule has 0 spiro atoms. The highest BCUT2D eigenvalue weighted by Gasteiger charge is 2.30. The van der Waals surface area contributed by atoms with Crippen LogP contribution in [0.3, 0.4) is 0 Å². The number of benzene rings is 1.